The van der Waals surface area contributed by atoms with E-state index in [0.29, 0.717) is 11.7 Å². The van der Waals surface area contributed by atoms with E-state index in [-0.39, 0.29) is 23.4 Å². The van der Waals surface area contributed by atoms with Crippen molar-refractivity contribution in [3.05, 3.63) is 20.8 Å². The molecule has 0 spiro atoms. The van der Waals surface area contributed by atoms with E-state index in [0.717, 1.165) is 29.5 Å². The molecule has 0 aromatic carbocycles. The monoisotopic (exact) mass is 366 g/mol. The second-order valence-electron chi connectivity index (χ2n) is 6.16. The number of carbonyl (C=O) groups excluding carboxylic acids is 1. The zero-order chi connectivity index (χ0) is 17.3. The number of carbonyl (C=O) groups is 1. The van der Waals surface area contributed by atoms with Gasteiger partial charge in [0, 0.05) is 11.4 Å². The first-order chi connectivity index (χ1) is 11.5. The molecule has 0 saturated carbocycles. The molecule has 3 rings (SSSR count). The number of nitrogens with zero attached hydrogens (tertiary/aromatic N) is 2. The van der Waals surface area contributed by atoms with Gasteiger partial charge in [-0.1, -0.05) is 11.8 Å². The lowest BCUT2D eigenvalue weighted by atomic mass is 9.97. The molecule has 0 unspecified atom stereocenters. The quantitative estimate of drug-likeness (QED) is 0.461. The third-order valence-electron chi connectivity index (χ3n) is 4.04. The third kappa shape index (κ3) is 3.37. The molecule has 0 bridgehead atoms. The van der Waals surface area contributed by atoms with Gasteiger partial charge in [0.2, 0.25) is 0 Å². The number of thiophene rings is 1. The molecule has 1 aliphatic rings. The van der Waals surface area contributed by atoms with Gasteiger partial charge in [0.15, 0.2) is 5.16 Å². The molecule has 130 valence electrons. The molecule has 0 fully saturated rings. The van der Waals surface area contributed by atoms with Gasteiger partial charge < -0.3 is 4.74 Å². The zero-order valence-electron chi connectivity index (χ0n) is 14.3. The van der Waals surface area contributed by atoms with E-state index < -0.39 is 0 Å². The highest BCUT2D eigenvalue weighted by molar-refractivity contribution is 7.99. The van der Waals surface area contributed by atoms with Crippen molar-refractivity contribution in [3.63, 3.8) is 0 Å². The fourth-order valence-corrected chi connectivity index (χ4v) is 5.18. The summed E-state index contributed by atoms with van der Waals surface area (Å²) in [6, 6.07) is 0. The number of rotatable bonds is 5. The van der Waals surface area contributed by atoms with Crippen molar-refractivity contribution in [1.82, 2.24) is 9.55 Å². The minimum absolute atomic E-state index is 0.0293. The minimum Gasteiger partial charge on any atom is -0.462 e. The summed E-state index contributed by atoms with van der Waals surface area (Å²) in [6.07, 6.45) is 4.21. The number of aromatic nitrogens is 2. The Labute approximate surface area is 149 Å². The predicted molar refractivity (Wildman–Crippen MR) is 98.1 cm³/mol. The summed E-state index contributed by atoms with van der Waals surface area (Å²) in [5.41, 5.74) is 1.23. The summed E-state index contributed by atoms with van der Waals surface area (Å²) in [5, 5.41) is 1.40. The van der Waals surface area contributed by atoms with Gasteiger partial charge in [-0.3, -0.25) is 14.2 Å². The number of ether oxygens (including phenoxy) is 1. The van der Waals surface area contributed by atoms with Crippen LogP contribution in [-0.2, 0) is 28.9 Å². The Morgan fingerprint density at radius 2 is 2.12 bits per heavy atom. The van der Waals surface area contributed by atoms with Crippen LogP contribution in [-0.4, -0.2) is 27.4 Å². The van der Waals surface area contributed by atoms with Gasteiger partial charge in [-0.25, -0.2) is 4.98 Å². The first-order valence-corrected chi connectivity index (χ1v) is 10.2. The molecule has 2 aromatic heterocycles. The summed E-state index contributed by atoms with van der Waals surface area (Å²) < 4.78 is 6.83. The van der Waals surface area contributed by atoms with Crippen molar-refractivity contribution >= 4 is 39.3 Å². The number of thioether (sulfide) groups is 1. The van der Waals surface area contributed by atoms with Crippen molar-refractivity contribution in [3.8, 4) is 0 Å². The fraction of sp³-hybridized carbons (Fsp3) is 0.588. The van der Waals surface area contributed by atoms with Crippen LogP contribution in [0.2, 0.25) is 0 Å². The Bertz CT molecular complexity index is 823. The Balaban J connectivity index is 1.96. The SMILES string of the molecule is CCn1c(SCC(=O)OC(C)C)nc2sc3c(c2c1=O)CCCC3. The zero-order valence-corrected chi connectivity index (χ0v) is 15.9. The van der Waals surface area contributed by atoms with Crippen molar-refractivity contribution in [2.24, 2.45) is 0 Å². The molecule has 0 atom stereocenters. The maximum atomic E-state index is 12.9. The van der Waals surface area contributed by atoms with Crippen molar-refractivity contribution in [2.45, 2.75) is 64.3 Å². The van der Waals surface area contributed by atoms with Crippen LogP contribution in [0.25, 0.3) is 10.2 Å². The van der Waals surface area contributed by atoms with Crippen LogP contribution in [0.4, 0.5) is 0 Å². The first kappa shape index (κ1) is 17.5. The van der Waals surface area contributed by atoms with Crippen molar-refractivity contribution in [1.29, 1.82) is 0 Å². The number of esters is 1. The lowest BCUT2D eigenvalue weighted by Gasteiger charge is -2.12. The number of aryl methyl sites for hydroxylation is 2. The topological polar surface area (TPSA) is 61.2 Å². The molecule has 1 aliphatic carbocycles. The van der Waals surface area contributed by atoms with Gasteiger partial charge in [-0.15, -0.1) is 11.3 Å². The van der Waals surface area contributed by atoms with Gasteiger partial charge in [0.25, 0.3) is 5.56 Å². The highest BCUT2D eigenvalue weighted by atomic mass is 32.2. The standard InChI is InChI=1S/C17H22N2O3S2/c1-4-19-16(21)14-11-7-5-6-8-12(11)24-15(14)18-17(19)23-9-13(20)22-10(2)3/h10H,4-9H2,1-3H3. The third-order valence-corrected chi connectivity index (χ3v) is 6.18. The molecular formula is C17H22N2O3S2. The second kappa shape index (κ2) is 7.27. The van der Waals surface area contributed by atoms with Crippen molar-refractivity contribution in [2.75, 3.05) is 5.75 Å². The maximum absolute atomic E-state index is 12.9. The van der Waals surface area contributed by atoms with E-state index >= 15 is 0 Å². The first-order valence-electron chi connectivity index (χ1n) is 8.38. The van der Waals surface area contributed by atoms with E-state index in [1.807, 2.05) is 20.8 Å². The molecule has 7 heteroatoms. The summed E-state index contributed by atoms with van der Waals surface area (Å²) >= 11 is 2.92. The average molecular weight is 367 g/mol. The number of hydrogen-bond donors (Lipinski definition) is 0. The Hall–Kier alpha value is -1.34. The van der Waals surface area contributed by atoms with Gasteiger partial charge >= 0.3 is 5.97 Å². The lowest BCUT2D eigenvalue weighted by Crippen LogP contribution is -2.23. The van der Waals surface area contributed by atoms with Crippen LogP contribution in [0.1, 0.15) is 44.1 Å². The van der Waals surface area contributed by atoms with Crippen LogP contribution in [0.5, 0.6) is 0 Å². The number of hydrogen-bond acceptors (Lipinski definition) is 6. The van der Waals surface area contributed by atoms with Gasteiger partial charge in [-0.2, -0.15) is 0 Å². The Morgan fingerprint density at radius 1 is 1.38 bits per heavy atom. The number of fused-ring (bicyclic) bond motifs is 3. The summed E-state index contributed by atoms with van der Waals surface area (Å²) in [7, 11) is 0. The van der Waals surface area contributed by atoms with Gasteiger partial charge in [0.1, 0.15) is 4.83 Å². The van der Waals surface area contributed by atoms with E-state index in [2.05, 4.69) is 0 Å². The highest BCUT2D eigenvalue weighted by Crippen LogP contribution is 2.34. The maximum Gasteiger partial charge on any atom is 0.316 e. The largest absolute Gasteiger partial charge is 0.462 e. The van der Waals surface area contributed by atoms with Gasteiger partial charge in [-0.05, 0) is 52.0 Å². The van der Waals surface area contributed by atoms with Crippen molar-refractivity contribution < 1.29 is 9.53 Å². The summed E-state index contributed by atoms with van der Waals surface area (Å²) in [5.74, 6) is -0.112. The molecule has 0 N–H and O–H groups in total. The van der Waals surface area contributed by atoms with E-state index in [4.69, 9.17) is 9.72 Å². The van der Waals surface area contributed by atoms with Crippen LogP contribution < -0.4 is 5.56 Å². The molecule has 2 aromatic rings. The lowest BCUT2D eigenvalue weighted by molar-refractivity contribution is -0.144. The van der Waals surface area contributed by atoms with Crippen LogP contribution in [0, 0.1) is 0 Å². The normalized spacial score (nSPS) is 14.2. The van der Waals surface area contributed by atoms with E-state index in [1.165, 1.54) is 28.6 Å². The van der Waals surface area contributed by atoms with E-state index in [9.17, 15) is 9.59 Å². The summed E-state index contributed by atoms with van der Waals surface area (Å²) in [6.45, 7) is 6.13. The molecule has 0 radical (unpaired) electrons. The second-order valence-corrected chi connectivity index (χ2v) is 8.19. The minimum atomic E-state index is -0.280. The highest BCUT2D eigenvalue weighted by Gasteiger charge is 2.22. The molecule has 0 saturated heterocycles. The molecule has 0 aliphatic heterocycles. The molecule has 0 amide bonds. The van der Waals surface area contributed by atoms with E-state index in [1.54, 1.807) is 15.9 Å². The molecular weight excluding hydrogens is 344 g/mol. The average Bonchev–Trinajstić information content (AvgIpc) is 2.90. The smallest absolute Gasteiger partial charge is 0.316 e. The predicted octanol–water partition coefficient (Wildman–Crippen LogP) is 3.40. The molecule has 2 heterocycles. The molecule has 5 nitrogen and oxygen atoms in total. The fourth-order valence-electron chi connectivity index (χ4n) is 3.03. The Morgan fingerprint density at radius 3 is 2.83 bits per heavy atom. The van der Waals surface area contributed by atoms with Crippen LogP contribution in [0.15, 0.2) is 9.95 Å². The van der Waals surface area contributed by atoms with Crippen LogP contribution in [0.3, 0.4) is 0 Å². The van der Waals surface area contributed by atoms with Gasteiger partial charge in [0.05, 0.1) is 17.2 Å². The van der Waals surface area contributed by atoms with Crippen LogP contribution >= 0.6 is 23.1 Å². The Kier molecular flexibility index (Phi) is 5.30. The molecule has 24 heavy (non-hydrogen) atoms. The summed E-state index contributed by atoms with van der Waals surface area (Å²) in [4.78, 5) is 31.5.